The van der Waals surface area contributed by atoms with E-state index >= 15 is 0 Å². The van der Waals surface area contributed by atoms with Crippen molar-refractivity contribution in [3.8, 4) is 5.75 Å². The van der Waals surface area contributed by atoms with Crippen molar-refractivity contribution in [2.75, 3.05) is 37.6 Å². The van der Waals surface area contributed by atoms with E-state index in [1.165, 1.54) is 24.3 Å². The average molecular weight is 500 g/mol. The molecule has 0 N–H and O–H groups in total. The Morgan fingerprint density at radius 2 is 1.64 bits per heavy atom. The fourth-order valence-corrected chi connectivity index (χ4v) is 4.46. The maximum absolute atomic E-state index is 13.5. The first-order valence-electron chi connectivity index (χ1n) is 11.8. The minimum absolute atomic E-state index is 0.296. The van der Waals surface area contributed by atoms with Crippen LogP contribution in [0.4, 0.5) is 23.4 Å². The van der Waals surface area contributed by atoms with Crippen LogP contribution in [0.1, 0.15) is 23.7 Å². The number of alkyl halides is 3. The molecule has 1 aliphatic heterocycles. The van der Waals surface area contributed by atoms with E-state index in [0.717, 1.165) is 61.6 Å². The van der Waals surface area contributed by atoms with Crippen molar-refractivity contribution in [2.24, 2.45) is 0 Å². The third-order valence-corrected chi connectivity index (χ3v) is 6.43. The Morgan fingerprint density at radius 3 is 2.33 bits per heavy atom. The van der Waals surface area contributed by atoms with E-state index in [9.17, 15) is 17.6 Å². The zero-order chi connectivity index (χ0) is 25.1. The van der Waals surface area contributed by atoms with Crippen molar-refractivity contribution in [1.82, 2.24) is 10.1 Å². The van der Waals surface area contributed by atoms with Crippen LogP contribution in [0.5, 0.6) is 5.75 Å². The summed E-state index contributed by atoms with van der Waals surface area (Å²) in [5.74, 6) is 0.759. The lowest BCUT2D eigenvalue weighted by Crippen LogP contribution is -2.47. The summed E-state index contributed by atoms with van der Waals surface area (Å²) in [6.45, 7) is 3.86. The first kappa shape index (κ1) is 24.1. The van der Waals surface area contributed by atoms with E-state index in [1.54, 1.807) is 6.07 Å². The van der Waals surface area contributed by atoms with Gasteiger partial charge in [0.05, 0.1) is 10.9 Å². The second kappa shape index (κ2) is 10.2. The number of aromatic nitrogens is 1. The first-order valence-corrected chi connectivity index (χ1v) is 11.8. The predicted molar refractivity (Wildman–Crippen MR) is 128 cm³/mol. The summed E-state index contributed by atoms with van der Waals surface area (Å²) in [4.78, 5) is 4.46. The van der Waals surface area contributed by atoms with Gasteiger partial charge in [0.25, 0.3) is 0 Å². The van der Waals surface area contributed by atoms with Crippen LogP contribution >= 0.6 is 0 Å². The smallest absolute Gasteiger partial charge is 0.416 e. The summed E-state index contributed by atoms with van der Waals surface area (Å²) in [7, 11) is 0. The molecule has 2 heterocycles. The van der Waals surface area contributed by atoms with Crippen LogP contribution in [0.2, 0.25) is 0 Å². The standard InChI is InChI=1S/C27H25F4N3O2/c28-21-8-11-23-25(18-21)36-32-26(23)34-16-14-33(15-17-34)13-12-24(19-4-2-1-3-5-19)35-22-9-6-20(7-10-22)27(29,30)31/h1-11,18,24H,12-17H2. The lowest BCUT2D eigenvalue weighted by atomic mass is 10.1. The highest BCUT2D eigenvalue weighted by Gasteiger charge is 2.30. The van der Waals surface area contributed by atoms with Gasteiger partial charge in [-0.15, -0.1) is 0 Å². The quantitative estimate of drug-likeness (QED) is 0.279. The van der Waals surface area contributed by atoms with Crippen LogP contribution < -0.4 is 9.64 Å². The molecule has 0 saturated carbocycles. The zero-order valence-electron chi connectivity index (χ0n) is 19.4. The molecule has 9 heteroatoms. The molecular formula is C27H25F4N3O2. The summed E-state index contributed by atoms with van der Waals surface area (Å²) in [5.41, 5.74) is 0.699. The molecule has 0 bridgehead atoms. The normalized spacial score (nSPS) is 15.8. The van der Waals surface area contributed by atoms with E-state index in [-0.39, 0.29) is 11.9 Å². The van der Waals surface area contributed by atoms with Gasteiger partial charge < -0.3 is 14.2 Å². The van der Waals surface area contributed by atoms with Gasteiger partial charge >= 0.3 is 6.18 Å². The largest absolute Gasteiger partial charge is 0.486 e. The van der Waals surface area contributed by atoms with E-state index in [2.05, 4.69) is 15.0 Å². The number of hydrogen-bond acceptors (Lipinski definition) is 5. The minimum Gasteiger partial charge on any atom is -0.486 e. The fourth-order valence-electron chi connectivity index (χ4n) is 4.46. The molecule has 5 rings (SSSR count). The van der Waals surface area contributed by atoms with E-state index < -0.39 is 11.7 Å². The molecule has 0 spiro atoms. The van der Waals surface area contributed by atoms with Crippen molar-refractivity contribution in [1.29, 1.82) is 0 Å². The Bertz CT molecular complexity index is 1280. The number of nitrogens with zero attached hydrogens (tertiary/aromatic N) is 3. The summed E-state index contributed by atoms with van der Waals surface area (Å²) >= 11 is 0. The van der Waals surface area contributed by atoms with Crippen LogP contribution in [-0.4, -0.2) is 42.8 Å². The molecule has 36 heavy (non-hydrogen) atoms. The van der Waals surface area contributed by atoms with Crippen LogP contribution in [-0.2, 0) is 6.18 Å². The van der Waals surface area contributed by atoms with Gasteiger partial charge in [0.1, 0.15) is 17.7 Å². The maximum Gasteiger partial charge on any atom is 0.416 e. The first-order chi connectivity index (χ1) is 17.4. The molecule has 1 fully saturated rings. The lowest BCUT2D eigenvalue weighted by Gasteiger charge is -2.35. The Kier molecular flexibility index (Phi) is 6.82. The molecule has 1 aliphatic rings. The summed E-state index contributed by atoms with van der Waals surface area (Å²) < 4.78 is 63.6. The number of rotatable bonds is 7. The molecule has 1 unspecified atom stereocenters. The van der Waals surface area contributed by atoms with Gasteiger partial charge in [0, 0.05) is 45.2 Å². The van der Waals surface area contributed by atoms with Crippen LogP contribution in [0.15, 0.2) is 77.3 Å². The third-order valence-electron chi connectivity index (χ3n) is 6.43. The number of fused-ring (bicyclic) bond motifs is 1. The lowest BCUT2D eigenvalue weighted by molar-refractivity contribution is -0.137. The van der Waals surface area contributed by atoms with Gasteiger partial charge in [0.15, 0.2) is 11.4 Å². The SMILES string of the molecule is Fc1ccc2c(N3CCN(CCC(Oc4ccc(C(F)(F)F)cc4)c4ccccc4)CC3)noc2c1. The predicted octanol–water partition coefficient (Wildman–Crippen LogP) is 6.32. The van der Waals surface area contributed by atoms with Crippen molar-refractivity contribution in [3.63, 3.8) is 0 Å². The third kappa shape index (κ3) is 5.46. The van der Waals surface area contributed by atoms with Gasteiger partial charge in [-0.25, -0.2) is 4.39 Å². The molecule has 188 valence electrons. The van der Waals surface area contributed by atoms with Crippen molar-refractivity contribution in [2.45, 2.75) is 18.7 Å². The van der Waals surface area contributed by atoms with Crippen LogP contribution in [0, 0.1) is 5.82 Å². The molecule has 1 aromatic heterocycles. The number of ether oxygens (including phenoxy) is 1. The van der Waals surface area contributed by atoms with Crippen molar-refractivity contribution in [3.05, 3.63) is 89.7 Å². The van der Waals surface area contributed by atoms with Gasteiger partial charge in [0.2, 0.25) is 0 Å². The molecule has 1 saturated heterocycles. The van der Waals surface area contributed by atoms with Crippen LogP contribution in [0.25, 0.3) is 11.0 Å². The minimum atomic E-state index is -4.38. The van der Waals surface area contributed by atoms with Gasteiger partial charge in [-0.2, -0.15) is 13.2 Å². The molecule has 4 aromatic rings. The second-order valence-electron chi connectivity index (χ2n) is 8.80. The van der Waals surface area contributed by atoms with Gasteiger partial charge in [-0.3, -0.25) is 4.90 Å². The van der Waals surface area contributed by atoms with Crippen LogP contribution in [0.3, 0.4) is 0 Å². The number of benzene rings is 3. The molecule has 1 atom stereocenters. The second-order valence-corrected chi connectivity index (χ2v) is 8.80. The highest BCUT2D eigenvalue weighted by Crippen LogP contribution is 2.32. The molecular weight excluding hydrogens is 474 g/mol. The average Bonchev–Trinajstić information content (AvgIpc) is 3.30. The van der Waals surface area contributed by atoms with Gasteiger partial charge in [-0.05, 0) is 42.0 Å². The fraction of sp³-hybridized carbons (Fsp3) is 0.296. The Balaban J connectivity index is 1.21. The summed E-state index contributed by atoms with van der Waals surface area (Å²) in [6.07, 6.45) is -4.00. The zero-order valence-corrected chi connectivity index (χ0v) is 19.4. The Hall–Kier alpha value is -3.59. The van der Waals surface area contributed by atoms with Gasteiger partial charge in [-0.1, -0.05) is 35.5 Å². The highest BCUT2D eigenvalue weighted by molar-refractivity contribution is 5.88. The van der Waals surface area contributed by atoms with E-state index in [1.807, 2.05) is 30.3 Å². The Morgan fingerprint density at radius 1 is 0.917 bits per heavy atom. The number of hydrogen-bond donors (Lipinski definition) is 0. The Labute approximate surface area is 205 Å². The molecule has 5 nitrogen and oxygen atoms in total. The van der Waals surface area contributed by atoms with Crippen molar-refractivity contribution < 1.29 is 26.8 Å². The number of anilines is 1. The molecule has 0 aliphatic carbocycles. The van der Waals surface area contributed by atoms with Crippen molar-refractivity contribution >= 4 is 16.8 Å². The number of piperazine rings is 1. The molecule has 3 aromatic carbocycles. The summed E-state index contributed by atoms with van der Waals surface area (Å²) in [5, 5.41) is 4.93. The molecule has 0 radical (unpaired) electrons. The highest BCUT2D eigenvalue weighted by atomic mass is 19.4. The number of halogens is 4. The maximum atomic E-state index is 13.5. The van der Waals surface area contributed by atoms with E-state index in [4.69, 9.17) is 9.26 Å². The monoisotopic (exact) mass is 499 g/mol. The topological polar surface area (TPSA) is 41.7 Å². The van der Waals surface area contributed by atoms with E-state index in [0.29, 0.717) is 17.8 Å². The molecule has 0 amide bonds. The summed E-state index contributed by atoms with van der Waals surface area (Å²) in [6, 6.07) is 18.9.